The maximum atomic E-state index is 8.77. The fraction of sp³-hybridized carbons (Fsp3) is 0.222. The summed E-state index contributed by atoms with van der Waals surface area (Å²) in [5.74, 6) is 1.73. The monoisotopic (exact) mass is 291 g/mol. The van der Waals surface area contributed by atoms with Crippen molar-refractivity contribution < 1.29 is 4.74 Å². The Kier molecular flexibility index (Phi) is 4.06. The molecular weight excluding hydrogens is 274 g/mol. The molecule has 0 saturated heterocycles. The van der Waals surface area contributed by atoms with Gasteiger partial charge in [-0.05, 0) is 30.7 Å². The predicted octanol–water partition coefficient (Wildman–Crippen LogP) is 4.02. The largest absolute Gasteiger partial charge is 0.497 e. The number of methoxy groups -OCH3 is 1. The number of imidazole rings is 1. The zero-order valence-corrected chi connectivity index (χ0v) is 12.5. The highest BCUT2D eigenvalue weighted by Gasteiger charge is 2.12. The van der Waals surface area contributed by atoms with Crippen LogP contribution in [0.1, 0.15) is 12.8 Å². The fourth-order valence-electron chi connectivity index (χ4n) is 2.60. The first kappa shape index (κ1) is 14.2. The van der Waals surface area contributed by atoms with Crippen LogP contribution in [-0.4, -0.2) is 16.7 Å². The van der Waals surface area contributed by atoms with Crippen LogP contribution in [0.2, 0.25) is 0 Å². The Balaban J connectivity index is 2.10. The number of hydrogen-bond donors (Lipinski definition) is 0. The van der Waals surface area contributed by atoms with Gasteiger partial charge in [-0.3, -0.25) is 0 Å². The molecule has 4 nitrogen and oxygen atoms in total. The minimum Gasteiger partial charge on any atom is -0.497 e. The molecule has 2 aromatic carbocycles. The van der Waals surface area contributed by atoms with Gasteiger partial charge >= 0.3 is 0 Å². The molecule has 0 atom stereocenters. The summed E-state index contributed by atoms with van der Waals surface area (Å²) < 4.78 is 7.49. The number of ether oxygens (including phenoxy) is 1. The number of fused-ring (bicyclic) bond motifs is 1. The van der Waals surface area contributed by atoms with Crippen LogP contribution < -0.4 is 4.74 Å². The summed E-state index contributed by atoms with van der Waals surface area (Å²) in [5, 5.41) is 8.77. The lowest BCUT2D eigenvalue weighted by Crippen LogP contribution is -2.00. The van der Waals surface area contributed by atoms with Gasteiger partial charge in [0.1, 0.15) is 11.6 Å². The van der Waals surface area contributed by atoms with E-state index in [0.717, 1.165) is 41.1 Å². The average molecular weight is 291 g/mol. The van der Waals surface area contributed by atoms with Gasteiger partial charge in [0.05, 0.1) is 24.2 Å². The lowest BCUT2D eigenvalue weighted by Gasteiger charge is -2.09. The molecule has 110 valence electrons. The zero-order valence-electron chi connectivity index (χ0n) is 12.5. The third-order valence-electron chi connectivity index (χ3n) is 3.65. The van der Waals surface area contributed by atoms with Gasteiger partial charge in [0.2, 0.25) is 0 Å². The van der Waals surface area contributed by atoms with E-state index in [1.807, 2.05) is 42.5 Å². The molecule has 22 heavy (non-hydrogen) atoms. The maximum Gasteiger partial charge on any atom is 0.141 e. The first-order valence-corrected chi connectivity index (χ1v) is 7.30. The van der Waals surface area contributed by atoms with Crippen LogP contribution in [0, 0.1) is 11.3 Å². The van der Waals surface area contributed by atoms with Crippen molar-refractivity contribution >= 4 is 11.0 Å². The van der Waals surface area contributed by atoms with Crippen LogP contribution in [0.3, 0.4) is 0 Å². The number of hydrogen-bond acceptors (Lipinski definition) is 3. The number of rotatable bonds is 5. The Bertz CT molecular complexity index is 830. The van der Waals surface area contributed by atoms with E-state index in [4.69, 9.17) is 15.0 Å². The third kappa shape index (κ3) is 2.66. The number of aryl methyl sites for hydroxylation is 1. The smallest absolute Gasteiger partial charge is 0.141 e. The number of unbranched alkanes of at least 4 members (excludes halogenated alkanes) is 1. The summed E-state index contributed by atoms with van der Waals surface area (Å²) in [4.78, 5) is 4.76. The van der Waals surface area contributed by atoms with Crippen LogP contribution in [-0.2, 0) is 6.54 Å². The summed E-state index contributed by atoms with van der Waals surface area (Å²) in [7, 11) is 1.66. The molecule has 0 bridgehead atoms. The molecule has 0 saturated carbocycles. The fourth-order valence-corrected chi connectivity index (χ4v) is 2.60. The molecule has 1 heterocycles. The zero-order chi connectivity index (χ0) is 15.4. The van der Waals surface area contributed by atoms with E-state index in [0.29, 0.717) is 6.42 Å². The first-order valence-electron chi connectivity index (χ1n) is 7.30. The van der Waals surface area contributed by atoms with Gasteiger partial charge < -0.3 is 9.30 Å². The molecule has 4 heteroatoms. The SMILES string of the molecule is COc1cccc(-c2nc3ccccc3n2CCCC#N)c1. The normalized spacial score (nSPS) is 10.5. The highest BCUT2D eigenvalue weighted by molar-refractivity contribution is 5.80. The van der Waals surface area contributed by atoms with E-state index in [1.165, 1.54) is 0 Å². The second-order valence-electron chi connectivity index (χ2n) is 5.07. The minimum absolute atomic E-state index is 0.546. The first-order chi connectivity index (χ1) is 10.8. The van der Waals surface area contributed by atoms with Gasteiger partial charge in [0, 0.05) is 18.5 Å². The van der Waals surface area contributed by atoms with Gasteiger partial charge in [-0.15, -0.1) is 0 Å². The summed E-state index contributed by atoms with van der Waals surface area (Å²) in [6.07, 6.45) is 1.36. The van der Waals surface area contributed by atoms with Crippen molar-refractivity contribution in [1.29, 1.82) is 5.26 Å². The van der Waals surface area contributed by atoms with E-state index >= 15 is 0 Å². The van der Waals surface area contributed by atoms with Crippen LogP contribution in [0.5, 0.6) is 5.75 Å². The highest BCUT2D eigenvalue weighted by atomic mass is 16.5. The molecule has 3 aromatic rings. The Morgan fingerprint density at radius 3 is 2.86 bits per heavy atom. The van der Waals surface area contributed by atoms with E-state index in [-0.39, 0.29) is 0 Å². The molecule has 3 rings (SSSR count). The lowest BCUT2D eigenvalue weighted by atomic mass is 10.2. The minimum atomic E-state index is 0.546. The van der Waals surface area contributed by atoms with Gasteiger partial charge in [0.15, 0.2) is 0 Å². The molecule has 0 spiro atoms. The predicted molar refractivity (Wildman–Crippen MR) is 86.6 cm³/mol. The van der Waals surface area contributed by atoms with Crippen molar-refractivity contribution in [3.63, 3.8) is 0 Å². The number of nitriles is 1. The van der Waals surface area contributed by atoms with Gasteiger partial charge in [0.25, 0.3) is 0 Å². The van der Waals surface area contributed by atoms with Crippen molar-refractivity contribution in [1.82, 2.24) is 9.55 Å². The number of benzene rings is 2. The standard InChI is InChI=1S/C18H17N3O/c1-22-15-8-6-7-14(13-15)18-20-16-9-2-3-10-17(16)21(18)12-5-4-11-19/h2-3,6-10,13H,4-5,12H2,1H3. The third-order valence-corrected chi connectivity index (χ3v) is 3.65. The number of aromatic nitrogens is 2. The summed E-state index contributed by atoms with van der Waals surface area (Å²) in [5.41, 5.74) is 3.09. The topological polar surface area (TPSA) is 50.8 Å². The van der Waals surface area contributed by atoms with Gasteiger partial charge in [-0.2, -0.15) is 5.26 Å². The average Bonchev–Trinajstić information content (AvgIpc) is 2.94. The molecule has 0 N–H and O–H groups in total. The molecule has 1 aromatic heterocycles. The Morgan fingerprint density at radius 1 is 1.18 bits per heavy atom. The van der Waals surface area contributed by atoms with Crippen molar-refractivity contribution in [3.8, 4) is 23.2 Å². The van der Waals surface area contributed by atoms with E-state index in [2.05, 4.69) is 16.7 Å². The van der Waals surface area contributed by atoms with E-state index < -0.39 is 0 Å². The molecule has 0 aliphatic heterocycles. The molecule has 0 aliphatic carbocycles. The van der Waals surface area contributed by atoms with Crippen molar-refractivity contribution in [2.75, 3.05) is 7.11 Å². The molecule has 0 unspecified atom stereocenters. The Labute approximate surface area is 129 Å². The molecule has 0 aliphatic rings. The van der Waals surface area contributed by atoms with Crippen molar-refractivity contribution in [2.24, 2.45) is 0 Å². The lowest BCUT2D eigenvalue weighted by molar-refractivity contribution is 0.415. The van der Waals surface area contributed by atoms with Crippen LogP contribution in [0.25, 0.3) is 22.4 Å². The quantitative estimate of drug-likeness (QED) is 0.667. The second-order valence-corrected chi connectivity index (χ2v) is 5.07. The summed E-state index contributed by atoms with van der Waals surface area (Å²) >= 11 is 0. The molecule has 0 radical (unpaired) electrons. The van der Waals surface area contributed by atoms with Crippen LogP contribution >= 0.6 is 0 Å². The maximum absolute atomic E-state index is 8.77. The highest BCUT2D eigenvalue weighted by Crippen LogP contribution is 2.27. The Hall–Kier alpha value is -2.80. The molecule has 0 amide bonds. The molecular formula is C18H17N3O. The summed E-state index contributed by atoms with van der Waals surface area (Å²) in [6.45, 7) is 0.778. The van der Waals surface area contributed by atoms with Crippen molar-refractivity contribution in [3.05, 3.63) is 48.5 Å². The van der Waals surface area contributed by atoms with E-state index in [1.54, 1.807) is 7.11 Å². The van der Waals surface area contributed by atoms with Crippen LogP contribution in [0.15, 0.2) is 48.5 Å². The van der Waals surface area contributed by atoms with E-state index in [9.17, 15) is 0 Å². The molecule has 0 fully saturated rings. The van der Waals surface area contributed by atoms with Gasteiger partial charge in [-0.25, -0.2) is 4.98 Å². The Morgan fingerprint density at radius 2 is 2.05 bits per heavy atom. The second kappa shape index (κ2) is 6.31. The van der Waals surface area contributed by atoms with Crippen LogP contribution in [0.4, 0.5) is 0 Å². The number of para-hydroxylation sites is 2. The number of nitrogens with zero attached hydrogens (tertiary/aromatic N) is 3. The van der Waals surface area contributed by atoms with Gasteiger partial charge in [-0.1, -0.05) is 24.3 Å². The summed E-state index contributed by atoms with van der Waals surface area (Å²) in [6, 6.07) is 18.2. The van der Waals surface area contributed by atoms with Crippen molar-refractivity contribution in [2.45, 2.75) is 19.4 Å².